The lowest BCUT2D eigenvalue weighted by molar-refractivity contribution is -0.128. The summed E-state index contributed by atoms with van der Waals surface area (Å²) in [5.41, 5.74) is 3.90. The predicted molar refractivity (Wildman–Crippen MR) is 148 cm³/mol. The van der Waals surface area contributed by atoms with Crippen LogP contribution in [0.25, 0.3) is 0 Å². The van der Waals surface area contributed by atoms with E-state index < -0.39 is 0 Å². The van der Waals surface area contributed by atoms with Gasteiger partial charge in [0.15, 0.2) is 0 Å². The maximum Gasteiger partial charge on any atom is 0.228 e. The van der Waals surface area contributed by atoms with Gasteiger partial charge in [0.25, 0.3) is 0 Å². The van der Waals surface area contributed by atoms with Crippen LogP contribution in [-0.4, -0.2) is 86.3 Å². The van der Waals surface area contributed by atoms with Crippen molar-refractivity contribution >= 4 is 23.5 Å². The number of piperazine rings is 1. The van der Waals surface area contributed by atoms with Crippen molar-refractivity contribution in [2.24, 2.45) is 4.99 Å². The number of nitrogens with one attached hydrogen (secondary N) is 1. The van der Waals surface area contributed by atoms with Crippen molar-refractivity contribution in [3.63, 3.8) is 0 Å². The van der Waals surface area contributed by atoms with Gasteiger partial charge in [0, 0.05) is 69.2 Å². The summed E-state index contributed by atoms with van der Waals surface area (Å²) in [5.74, 6) is 1.36. The van der Waals surface area contributed by atoms with E-state index in [1.807, 2.05) is 13.1 Å². The van der Waals surface area contributed by atoms with Crippen LogP contribution >= 0.6 is 0 Å². The molecule has 3 aliphatic rings. The van der Waals surface area contributed by atoms with Gasteiger partial charge in [-0.2, -0.15) is 0 Å². The molecule has 1 saturated carbocycles. The van der Waals surface area contributed by atoms with Crippen LogP contribution < -0.4 is 15.0 Å². The molecule has 1 saturated heterocycles. The summed E-state index contributed by atoms with van der Waals surface area (Å²) in [6.07, 6.45) is 7.16. The van der Waals surface area contributed by atoms with Crippen molar-refractivity contribution < 1.29 is 9.53 Å². The van der Waals surface area contributed by atoms with Crippen molar-refractivity contribution in [1.82, 2.24) is 14.7 Å². The van der Waals surface area contributed by atoms with Gasteiger partial charge in [-0.25, -0.2) is 4.99 Å². The first kappa shape index (κ1) is 26.1. The molecule has 2 aliphatic heterocycles. The Balaban J connectivity index is 1.50. The molecule has 0 aromatic heterocycles. The molecule has 0 bridgehead atoms. The van der Waals surface area contributed by atoms with Crippen molar-refractivity contribution in [3.05, 3.63) is 42.0 Å². The third-order valence-electron chi connectivity index (χ3n) is 7.83. The van der Waals surface area contributed by atoms with Gasteiger partial charge in [0.1, 0.15) is 11.6 Å². The Morgan fingerprint density at radius 3 is 2.53 bits per heavy atom. The molecular formula is C28H42N6O2. The summed E-state index contributed by atoms with van der Waals surface area (Å²) in [6, 6.07) is 6.86. The normalized spacial score (nSPS) is 22.5. The second-order valence-corrected chi connectivity index (χ2v) is 10.3. The summed E-state index contributed by atoms with van der Waals surface area (Å²) in [5, 5.41) is 3.29. The number of hydrogen-bond acceptors (Lipinski definition) is 7. The topological polar surface area (TPSA) is 63.7 Å². The Kier molecular flexibility index (Phi) is 8.24. The van der Waals surface area contributed by atoms with Gasteiger partial charge in [-0.05, 0) is 45.9 Å². The molecule has 1 unspecified atom stereocenters. The summed E-state index contributed by atoms with van der Waals surface area (Å²) in [6.45, 7) is 12.5. The van der Waals surface area contributed by atoms with E-state index in [1.54, 1.807) is 18.2 Å². The Labute approximate surface area is 216 Å². The molecule has 0 radical (unpaired) electrons. The van der Waals surface area contributed by atoms with Crippen molar-refractivity contribution in [3.8, 4) is 5.75 Å². The highest BCUT2D eigenvalue weighted by molar-refractivity contribution is 5.90. The van der Waals surface area contributed by atoms with Crippen LogP contribution in [0.5, 0.6) is 5.75 Å². The summed E-state index contributed by atoms with van der Waals surface area (Å²) in [7, 11) is 5.68. The smallest absolute Gasteiger partial charge is 0.228 e. The number of methoxy groups -OCH3 is 1. The molecule has 4 rings (SSSR count). The van der Waals surface area contributed by atoms with E-state index in [9.17, 15) is 4.79 Å². The number of amides is 1. The first-order valence-corrected chi connectivity index (χ1v) is 13.2. The van der Waals surface area contributed by atoms with Gasteiger partial charge in [-0.15, -0.1) is 0 Å². The summed E-state index contributed by atoms with van der Waals surface area (Å²) in [4.78, 5) is 26.4. The molecule has 2 heterocycles. The fourth-order valence-corrected chi connectivity index (χ4v) is 5.70. The molecule has 196 valence electrons. The molecule has 1 atom stereocenters. The highest BCUT2D eigenvalue weighted by Crippen LogP contribution is 2.33. The van der Waals surface area contributed by atoms with Crippen LogP contribution in [0.15, 0.2) is 47.0 Å². The molecule has 8 heteroatoms. The Hall–Kier alpha value is -3.00. The van der Waals surface area contributed by atoms with E-state index in [1.165, 1.54) is 25.7 Å². The number of anilines is 2. The minimum Gasteiger partial charge on any atom is -0.494 e. The molecule has 8 nitrogen and oxygen atoms in total. The second-order valence-electron chi connectivity index (χ2n) is 10.3. The third-order valence-corrected chi connectivity index (χ3v) is 7.83. The predicted octanol–water partition coefficient (Wildman–Crippen LogP) is 4.13. The standard InChI is InChI=1S/C28H42N6O2/c1-20-17-28(35)32(5)26(21(2)34(20)23-9-7-8-10-23)19-29-22(3)30-25-12-11-24(18-27(25)36-6)33-15-13-31(4)14-16-33/h11-12,18-20,23,30H,3,7-10,13-17H2,1-2,4-6H3/b29-19-. The minimum absolute atomic E-state index is 0.114. The first-order chi connectivity index (χ1) is 17.3. The molecular weight excluding hydrogens is 452 g/mol. The molecule has 36 heavy (non-hydrogen) atoms. The maximum atomic E-state index is 12.9. The molecule has 1 N–H and O–H groups in total. The molecule has 1 amide bonds. The lowest BCUT2D eigenvalue weighted by Gasteiger charge is -2.36. The number of likely N-dealkylation sites (N-methyl/N-ethyl adjacent to an activating group) is 1. The van der Waals surface area contributed by atoms with E-state index in [-0.39, 0.29) is 11.9 Å². The molecule has 0 spiro atoms. The lowest BCUT2D eigenvalue weighted by Crippen LogP contribution is -2.44. The average Bonchev–Trinajstić information content (AvgIpc) is 3.36. The average molecular weight is 495 g/mol. The number of carbonyl (C=O) groups is 1. The number of allylic oxidation sites excluding steroid dienone is 2. The van der Waals surface area contributed by atoms with Crippen LogP contribution in [0, 0.1) is 0 Å². The zero-order valence-electron chi connectivity index (χ0n) is 22.6. The number of hydrogen-bond donors (Lipinski definition) is 1. The second kappa shape index (κ2) is 11.4. The van der Waals surface area contributed by atoms with Gasteiger partial charge < -0.3 is 29.7 Å². The zero-order chi connectivity index (χ0) is 25.8. The monoisotopic (exact) mass is 494 g/mol. The Morgan fingerprint density at radius 2 is 1.86 bits per heavy atom. The van der Waals surface area contributed by atoms with Gasteiger partial charge in [0.05, 0.1) is 24.7 Å². The highest BCUT2D eigenvalue weighted by atomic mass is 16.5. The number of aliphatic imine (C=N–C) groups is 1. The zero-order valence-corrected chi connectivity index (χ0v) is 22.6. The molecule has 1 aromatic rings. The number of rotatable bonds is 7. The van der Waals surface area contributed by atoms with Crippen LogP contribution in [0.1, 0.15) is 46.0 Å². The third kappa shape index (κ3) is 5.69. The fourth-order valence-electron chi connectivity index (χ4n) is 5.70. The van der Waals surface area contributed by atoms with Crippen molar-refractivity contribution in [1.29, 1.82) is 0 Å². The van der Waals surface area contributed by atoms with Gasteiger partial charge >= 0.3 is 0 Å². The van der Waals surface area contributed by atoms with E-state index >= 15 is 0 Å². The van der Waals surface area contributed by atoms with Crippen LogP contribution in [0.3, 0.4) is 0 Å². The first-order valence-electron chi connectivity index (χ1n) is 13.2. The molecule has 1 aromatic carbocycles. The molecule has 2 fully saturated rings. The van der Waals surface area contributed by atoms with E-state index in [2.05, 4.69) is 64.6 Å². The lowest BCUT2D eigenvalue weighted by atomic mass is 10.1. The fraction of sp³-hybridized carbons (Fsp3) is 0.571. The van der Waals surface area contributed by atoms with Crippen molar-refractivity contribution in [2.45, 2.75) is 58.0 Å². The van der Waals surface area contributed by atoms with Crippen LogP contribution in [-0.2, 0) is 4.79 Å². The highest BCUT2D eigenvalue weighted by Gasteiger charge is 2.33. The van der Waals surface area contributed by atoms with E-state index in [4.69, 9.17) is 4.74 Å². The quantitative estimate of drug-likeness (QED) is 0.575. The summed E-state index contributed by atoms with van der Waals surface area (Å²) >= 11 is 0. The minimum atomic E-state index is 0.114. The Bertz CT molecular complexity index is 1020. The number of ether oxygens (including phenoxy) is 1. The van der Waals surface area contributed by atoms with E-state index in [0.717, 1.165) is 54.7 Å². The molecule has 1 aliphatic carbocycles. The van der Waals surface area contributed by atoms with Crippen molar-refractivity contribution in [2.75, 3.05) is 57.6 Å². The number of benzene rings is 1. The largest absolute Gasteiger partial charge is 0.494 e. The van der Waals surface area contributed by atoms with E-state index in [0.29, 0.717) is 18.3 Å². The number of carbonyl (C=O) groups excluding carboxylic acids is 1. The van der Waals surface area contributed by atoms with Crippen LogP contribution in [0.2, 0.25) is 0 Å². The maximum absolute atomic E-state index is 12.9. The SMILES string of the molecule is C=C(/N=C\C1=C(C)N(C2CCCC2)C(C)CC(=O)N1C)Nc1ccc(N2CCN(C)CC2)cc1OC. The number of nitrogens with zero attached hydrogens (tertiary/aromatic N) is 5. The van der Waals surface area contributed by atoms with Gasteiger partial charge in [-0.3, -0.25) is 4.79 Å². The van der Waals surface area contributed by atoms with Gasteiger partial charge in [-0.1, -0.05) is 19.4 Å². The Morgan fingerprint density at radius 1 is 1.17 bits per heavy atom. The van der Waals surface area contributed by atoms with Gasteiger partial charge in [0.2, 0.25) is 5.91 Å². The summed E-state index contributed by atoms with van der Waals surface area (Å²) < 4.78 is 5.68. The van der Waals surface area contributed by atoms with Crippen LogP contribution in [0.4, 0.5) is 11.4 Å².